The predicted octanol–water partition coefficient (Wildman–Crippen LogP) is 7.57. The summed E-state index contributed by atoms with van der Waals surface area (Å²) in [6, 6.07) is 0. The number of hydrogen-bond acceptors (Lipinski definition) is 0. The first-order chi connectivity index (χ1) is 10.2. The monoisotopic (exact) mass is 320 g/mol. The van der Waals surface area contributed by atoms with E-state index in [1.165, 1.54) is 32.1 Å². The van der Waals surface area contributed by atoms with Gasteiger partial charge in [0.1, 0.15) is 0 Å². The van der Waals surface area contributed by atoms with E-state index in [0.29, 0.717) is 21.7 Å². The lowest BCUT2D eigenvalue weighted by molar-refractivity contribution is -0.0598. The zero-order chi connectivity index (χ0) is 17.8. The lowest BCUT2D eigenvalue weighted by atomic mass is 9.50. The SMILES string of the molecule is CC(C)(C)CCC(C)(C)C(C)(C)C1C2CCC(C2)C1C(C)(C)C. The van der Waals surface area contributed by atoms with Gasteiger partial charge in [-0.1, -0.05) is 69.2 Å². The quantitative estimate of drug-likeness (QED) is 0.501. The van der Waals surface area contributed by atoms with Crippen LogP contribution in [0.25, 0.3) is 0 Å². The van der Waals surface area contributed by atoms with Crippen molar-refractivity contribution in [2.24, 2.45) is 45.3 Å². The smallest absolute Gasteiger partial charge is 0.0269 e. The zero-order valence-electron chi connectivity index (χ0n) is 17.8. The third kappa shape index (κ3) is 3.67. The van der Waals surface area contributed by atoms with Crippen LogP contribution in [0.2, 0.25) is 0 Å². The van der Waals surface area contributed by atoms with Crippen molar-refractivity contribution < 1.29 is 0 Å². The molecule has 2 aliphatic rings. The topological polar surface area (TPSA) is 0 Å². The minimum atomic E-state index is 0.416. The minimum absolute atomic E-state index is 0.416. The van der Waals surface area contributed by atoms with Crippen LogP contribution in [0.15, 0.2) is 0 Å². The molecule has 2 aliphatic carbocycles. The van der Waals surface area contributed by atoms with Crippen molar-refractivity contribution >= 4 is 0 Å². The van der Waals surface area contributed by atoms with Gasteiger partial charge in [-0.05, 0) is 77.4 Å². The number of fused-ring (bicyclic) bond motifs is 2. The molecule has 0 aromatic rings. The van der Waals surface area contributed by atoms with Gasteiger partial charge in [0.2, 0.25) is 0 Å². The van der Waals surface area contributed by atoms with Crippen LogP contribution >= 0.6 is 0 Å². The molecule has 2 rings (SSSR count). The fourth-order valence-electron chi connectivity index (χ4n) is 6.04. The Balaban J connectivity index is 2.26. The standard InChI is InChI=1S/C23H44/c1-20(2,3)13-14-22(7,8)23(9,10)19-17-12-11-16(15-17)18(19)21(4,5)6/h16-19H,11-15H2,1-10H3. The molecule has 0 radical (unpaired) electrons. The molecule has 0 heterocycles. The van der Waals surface area contributed by atoms with Crippen molar-refractivity contribution in [1.29, 1.82) is 0 Å². The molecule has 0 aromatic carbocycles. The van der Waals surface area contributed by atoms with Crippen molar-refractivity contribution in [3.63, 3.8) is 0 Å². The average molecular weight is 321 g/mol. The molecule has 0 aromatic heterocycles. The lowest BCUT2D eigenvalue weighted by Gasteiger charge is -2.54. The van der Waals surface area contributed by atoms with Crippen LogP contribution in [-0.2, 0) is 0 Å². The second kappa shape index (κ2) is 5.77. The molecule has 0 nitrogen and oxygen atoms in total. The first-order valence-corrected chi connectivity index (χ1v) is 10.2. The van der Waals surface area contributed by atoms with Crippen LogP contribution in [-0.4, -0.2) is 0 Å². The Hall–Kier alpha value is 0. The zero-order valence-corrected chi connectivity index (χ0v) is 17.8. The largest absolute Gasteiger partial charge is 0.0602 e. The highest BCUT2D eigenvalue weighted by Gasteiger charge is 2.59. The highest BCUT2D eigenvalue weighted by molar-refractivity contribution is 5.07. The summed E-state index contributed by atoms with van der Waals surface area (Å²) in [5.41, 5.74) is 1.75. The molecule has 23 heavy (non-hydrogen) atoms. The van der Waals surface area contributed by atoms with Gasteiger partial charge in [-0.3, -0.25) is 0 Å². The third-order valence-electron chi connectivity index (χ3n) is 7.99. The molecule has 4 atom stereocenters. The molecule has 0 spiro atoms. The Morgan fingerprint density at radius 1 is 0.652 bits per heavy atom. The molecule has 0 amide bonds. The summed E-state index contributed by atoms with van der Waals surface area (Å²) in [6.07, 6.45) is 7.21. The van der Waals surface area contributed by atoms with Gasteiger partial charge in [0.15, 0.2) is 0 Å². The highest BCUT2D eigenvalue weighted by Crippen LogP contribution is 2.66. The maximum atomic E-state index is 2.61. The Labute approximate surface area is 147 Å². The summed E-state index contributed by atoms with van der Waals surface area (Å²) in [5, 5.41) is 0. The van der Waals surface area contributed by atoms with E-state index in [9.17, 15) is 0 Å². The summed E-state index contributed by atoms with van der Waals surface area (Å²) < 4.78 is 0. The van der Waals surface area contributed by atoms with Crippen LogP contribution in [0.4, 0.5) is 0 Å². The normalized spacial score (nSPS) is 32.6. The van der Waals surface area contributed by atoms with Gasteiger partial charge in [-0.25, -0.2) is 0 Å². The van der Waals surface area contributed by atoms with Crippen LogP contribution in [0.5, 0.6) is 0 Å². The van der Waals surface area contributed by atoms with Gasteiger partial charge in [0.05, 0.1) is 0 Å². The van der Waals surface area contributed by atoms with Gasteiger partial charge in [0, 0.05) is 0 Å². The van der Waals surface area contributed by atoms with Gasteiger partial charge >= 0.3 is 0 Å². The molecule has 0 saturated heterocycles. The Kier molecular flexibility index (Phi) is 4.85. The molecule has 0 aliphatic heterocycles. The van der Waals surface area contributed by atoms with Crippen molar-refractivity contribution in [3.8, 4) is 0 Å². The van der Waals surface area contributed by atoms with Gasteiger partial charge < -0.3 is 0 Å². The molecule has 2 saturated carbocycles. The predicted molar refractivity (Wildman–Crippen MR) is 104 cm³/mol. The minimum Gasteiger partial charge on any atom is -0.0602 e. The van der Waals surface area contributed by atoms with Gasteiger partial charge in [-0.2, -0.15) is 0 Å². The maximum Gasteiger partial charge on any atom is -0.0269 e. The van der Waals surface area contributed by atoms with E-state index in [2.05, 4.69) is 69.2 Å². The van der Waals surface area contributed by atoms with Crippen molar-refractivity contribution in [2.45, 2.75) is 101 Å². The van der Waals surface area contributed by atoms with Crippen LogP contribution in [0.1, 0.15) is 101 Å². The fraction of sp³-hybridized carbons (Fsp3) is 1.00. The van der Waals surface area contributed by atoms with E-state index in [4.69, 9.17) is 0 Å². The molecule has 2 bridgehead atoms. The van der Waals surface area contributed by atoms with E-state index >= 15 is 0 Å². The van der Waals surface area contributed by atoms with E-state index in [-0.39, 0.29) is 0 Å². The molecular weight excluding hydrogens is 276 g/mol. The summed E-state index contributed by atoms with van der Waals surface area (Å²) in [5.74, 6) is 3.83. The summed E-state index contributed by atoms with van der Waals surface area (Å²) in [6.45, 7) is 25.0. The molecule has 0 N–H and O–H groups in total. The molecular formula is C23H44. The summed E-state index contributed by atoms with van der Waals surface area (Å²) >= 11 is 0. The van der Waals surface area contributed by atoms with Crippen molar-refractivity contribution in [3.05, 3.63) is 0 Å². The second-order valence-corrected chi connectivity index (χ2v) is 12.4. The molecule has 0 heteroatoms. The molecule has 2 fully saturated rings. The van der Waals surface area contributed by atoms with E-state index in [1.54, 1.807) is 0 Å². The Morgan fingerprint density at radius 2 is 1.13 bits per heavy atom. The second-order valence-electron chi connectivity index (χ2n) is 12.4. The van der Waals surface area contributed by atoms with Crippen LogP contribution < -0.4 is 0 Å². The lowest BCUT2D eigenvalue weighted by Crippen LogP contribution is -2.48. The highest BCUT2D eigenvalue weighted by atomic mass is 14.6. The molecule has 4 unspecified atom stereocenters. The van der Waals surface area contributed by atoms with Gasteiger partial charge in [0.25, 0.3) is 0 Å². The van der Waals surface area contributed by atoms with Gasteiger partial charge in [-0.15, -0.1) is 0 Å². The van der Waals surface area contributed by atoms with Crippen molar-refractivity contribution in [1.82, 2.24) is 0 Å². The fourth-order valence-corrected chi connectivity index (χ4v) is 6.04. The van der Waals surface area contributed by atoms with Crippen LogP contribution in [0.3, 0.4) is 0 Å². The average Bonchev–Trinajstić information content (AvgIpc) is 2.94. The van der Waals surface area contributed by atoms with E-state index in [0.717, 1.165) is 23.7 Å². The first-order valence-electron chi connectivity index (χ1n) is 10.2. The van der Waals surface area contributed by atoms with E-state index < -0.39 is 0 Å². The number of rotatable bonds is 4. The third-order valence-corrected chi connectivity index (χ3v) is 7.99. The van der Waals surface area contributed by atoms with Crippen molar-refractivity contribution in [2.75, 3.05) is 0 Å². The molecule has 136 valence electrons. The Morgan fingerprint density at radius 3 is 1.57 bits per heavy atom. The maximum absolute atomic E-state index is 2.61. The summed E-state index contributed by atoms with van der Waals surface area (Å²) in [4.78, 5) is 0. The summed E-state index contributed by atoms with van der Waals surface area (Å²) in [7, 11) is 0. The Bertz CT molecular complexity index is 412. The number of hydrogen-bond donors (Lipinski definition) is 0. The van der Waals surface area contributed by atoms with E-state index in [1.807, 2.05) is 0 Å². The van der Waals surface area contributed by atoms with Crippen LogP contribution in [0, 0.1) is 45.3 Å². The first kappa shape index (κ1) is 19.3.